The summed E-state index contributed by atoms with van der Waals surface area (Å²) in [4.78, 5) is 16.5. The summed E-state index contributed by atoms with van der Waals surface area (Å²) in [5.41, 5.74) is 1.93. The summed E-state index contributed by atoms with van der Waals surface area (Å²) in [6.45, 7) is 8.42. The van der Waals surface area contributed by atoms with Crippen LogP contribution in [0.2, 0.25) is 0 Å². The van der Waals surface area contributed by atoms with E-state index in [0.29, 0.717) is 31.1 Å². The quantitative estimate of drug-likeness (QED) is 0.733. The number of piperazine rings is 1. The maximum absolute atomic E-state index is 13.0. The first-order valence-electron chi connectivity index (χ1n) is 10.2. The second-order valence-electron chi connectivity index (χ2n) is 8.74. The molecular weight excluding hydrogens is 398 g/mol. The van der Waals surface area contributed by atoms with E-state index >= 15 is 0 Å². The van der Waals surface area contributed by atoms with Gasteiger partial charge in [-0.15, -0.1) is 0 Å². The summed E-state index contributed by atoms with van der Waals surface area (Å²) in [7, 11) is -1.76. The number of carbonyl (C=O) groups excluding carboxylic acids is 1. The molecule has 30 heavy (non-hydrogen) atoms. The van der Waals surface area contributed by atoms with E-state index in [1.165, 1.54) is 4.31 Å². The van der Waals surface area contributed by atoms with Crippen LogP contribution in [0.4, 0.5) is 5.69 Å². The highest BCUT2D eigenvalue weighted by molar-refractivity contribution is 7.89. The average molecular weight is 430 g/mol. The molecule has 0 atom stereocenters. The van der Waals surface area contributed by atoms with E-state index < -0.39 is 10.0 Å². The van der Waals surface area contributed by atoms with Crippen molar-refractivity contribution in [3.63, 3.8) is 0 Å². The maximum Gasteiger partial charge on any atom is 0.243 e. The van der Waals surface area contributed by atoms with Gasteiger partial charge in [0.25, 0.3) is 0 Å². The molecule has 0 saturated carbocycles. The number of sulfonamides is 1. The third kappa shape index (κ3) is 5.09. The van der Waals surface area contributed by atoms with E-state index in [1.54, 1.807) is 24.1 Å². The van der Waals surface area contributed by atoms with Crippen LogP contribution in [0, 0.1) is 0 Å². The lowest BCUT2D eigenvalue weighted by Gasteiger charge is -2.34. The smallest absolute Gasteiger partial charge is 0.243 e. The number of carbonyl (C=O) groups is 1. The van der Waals surface area contributed by atoms with Crippen LogP contribution < -0.4 is 4.90 Å². The topological polar surface area (TPSA) is 60.9 Å². The number of hydrogen-bond acceptors (Lipinski definition) is 4. The zero-order valence-corrected chi connectivity index (χ0v) is 19.0. The van der Waals surface area contributed by atoms with E-state index in [2.05, 4.69) is 20.8 Å². The Balaban J connectivity index is 1.58. The van der Waals surface area contributed by atoms with Crippen molar-refractivity contribution in [2.45, 2.75) is 31.1 Å². The molecule has 0 aromatic heterocycles. The molecule has 0 aliphatic carbocycles. The van der Waals surface area contributed by atoms with Gasteiger partial charge in [0, 0.05) is 38.9 Å². The number of likely N-dealkylation sites (N-methyl/N-ethyl adjacent to an activating group) is 1. The predicted octanol–water partition coefficient (Wildman–Crippen LogP) is 2.95. The summed E-state index contributed by atoms with van der Waals surface area (Å²) in [6.07, 6.45) is 0. The normalized spacial score (nSPS) is 16.4. The van der Waals surface area contributed by atoms with Crippen LogP contribution in [0.3, 0.4) is 0 Å². The third-order valence-electron chi connectivity index (χ3n) is 5.57. The largest absolute Gasteiger partial charge is 0.314 e. The van der Waals surface area contributed by atoms with Crippen molar-refractivity contribution in [3.05, 3.63) is 60.2 Å². The molecule has 1 amide bonds. The lowest BCUT2D eigenvalue weighted by Crippen LogP contribution is -2.51. The number of benzene rings is 2. The molecule has 1 fully saturated rings. The molecule has 1 aliphatic heterocycles. The van der Waals surface area contributed by atoms with Gasteiger partial charge in [-0.2, -0.15) is 4.31 Å². The second-order valence-corrected chi connectivity index (χ2v) is 10.7. The van der Waals surface area contributed by atoms with Crippen LogP contribution in [-0.2, 0) is 20.2 Å². The minimum Gasteiger partial charge on any atom is -0.314 e. The Morgan fingerprint density at radius 3 is 2.03 bits per heavy atom. The molecule has 1 heterocycles. The Hall–Kier alpha value is -2.22. The third-order valence-corrected chi connectivity index (χ3v) is 7.48. The molecule has 6 nitrogen and oxygen atoms in total. The van der Waals surface area contributed by atoms with E-state index in [-0.39, 0.29) is 17.9 Å². The first kappa shape index (κ1) is 22.5. The van der Waals surface area contributed by atoms with Gasteiger partial charge in [-0.1, -0.05) is 51.1 Å². The van der Waals surface area contributed by atoms with Crippen molar-refractivity contribution >= 4 is 21.6 Å². The van der Waals surface area contributed by atoms with Crippen LogP contribution in [0.15, 0.2) is 59.5 Å². The molecule has 0 bridgehead atoms. The van der Waals surface area contributed by atoms with E-state index in [1.807, 2.05) is 47.4 Å². The summed E-state index contributed by atoms with van der Waals surface area (Å²) >= 11 is 0. The van der Waals surface area contributed by atoms with Gasteiger partial charge < -0.3 is 4.90 Å². The Kier molecular flexibility index (Phi) is 6.65. The molecule has 0 radical (unpaired) electrons. The predicted molar refractivity (Wildman–Crippen MR) is 120 cm³/mol. The highest BCUT2D eigenvalue weighted by Gasteiger charge is 2.29. The van der Waals surface area contributed by atoms with Crippen LogP contribution in [0.1, 0.15) is 26.3 Å². The van der Waals surface area contributed by atoms with Crippen LogP contribution >= 0.6 is 0 Å². The highest BCUT2D eigenvalue weighted by Crippen LogP contribution is 2.25. The van der Waals surface area contributed by atoms with Crippen molar-refractivity contribution in [1.29, 1.82) is 0 Å². The average Bonchev–Trinajstić information content (AvgIpc) is 2.73. The lowest BCUT2D eigenvalue weighted by atomic mass is 9.87. The molecule has 7 heteroatoms. The first-order valence-corrected chi connectivity index (χ1v) is 11.7. The van der Waals surface area contributed by atoms with E-state index in [0.717, 1.165) is 11.3 Å². The van der Waals surface area contributed by atoms with E-state index in [9.17, 15) is 13.2 Å². The minimum atomic E-state index is -3.52. The fraction of sp³-hybridized carbons (Fsp3) is 0.435. The van der Waals surface area contributed by atoms with Crippen molar-refractivity contribution < 1.29 is 13.2 Å². The summed E-state index contributed by atoms with van der Waals surface area (Å²) in [5.74, 6) is -0.00437. The standard InChI is InChI=1S/C23H31N3O3S/c1-23(2,3)19-10-12-21(13-11-19)30(28,29)26-16-14-25(15-17-26)18-22(27)24(4)20-8-6-5-7-9-20/h5-13H,14-18H2,1-4H3. The van der Waals surface area contributed by atoms with Crippen LogP contribution in [0.5, 0.6) is 0 Å². The summed E-state index contributed by atoms with van der Waals surface area (Å²) in [5, 5.41) is 0. The fourth-order valence-corrected chi connectivity index (χ4v) is 4.92. The summed E-state index contributed by atoms with van der Waals surface area (Å²) < 4.78 is 27.5. The Morgan fingerprint density at radius 1 is 0.933 bits per heavy atom. The molecule has 0 N–H and O–H groups in total. The van der Waals surface area contributed by atoms with Gasteiger partial charge in [0.1, 0.15) is 0 Å². The SMILES string of the molecule is CN(C(=O)CN1CCN(S(=O)(=O)c2ccc(C(C)(C)C)cc2)CC1)c1ccccc1. The second kappa shape index (κ2) is 8.88. The van der Waals surface area contributed by atoms with Crippen LogP contribution in [0.25, 0.3) is 0 Å². The van der Waals surface area contributed by atoms with Gasteiger partial charge in [-0.05, 0) is 35.2 Å². The van der Waals surface area contributed by atoms with Gasteiger partial charge in [-0.25, -0.2) is 8.42 Å². The monoisotopic (exact) mass is 429 g/mol. The Bertz CT molecular complexity index is 959. The number of rotatable bonds is 5. The molecule has 1 saturated heterocycles. The first-order chi connectivity index (χ1) is 14.1. The van der Waals surface area contributed by atoms with Crippen molar-refractivity contribution in [2.24, 2.45) is 0 Å². The number of amides is 1. The van der Waals surface area contributed by atoms with Crippen molar-refractivity contribution in [1.82, 2.24) is 9.21 Å². The molecule has 3 rings (SSSR count). The van der Waals surface area contributed by atoms with Gasteiger partial charge in [-0.3, -0.25) is 9.69 Å². The maximum atomic E-state index is 13.0. The Morgan fingerprint density at radius 2 is 1.50 bits per heavy atom. The molecule has 162 valence electrons. The molecule has 2 aromatic carbocycles. The minimum absolute atomic E-state index is 0.00437. The van der Waals surface area contributed by atoms with Gasteiger partial charge >= 0.3 is 0 Å². The van der Waals surface area contributed by atoms with E-state index in [4.69, 9.17) is 0 Å². The zero-order valence-electron chi connectivity index (χ0n) is 18.2. The number of para-hydroxylation sites is 1. The number of nitrogens with zero attached hydrogens (tertiary/aromatic N) is 3. The van der Waals surface area contributed by atoms with Crippen LogP contribution in [-0.4, -0.2) is 63.3 Å². The highest BCUT2D eigenvalue weighted by atomic mass is 32.2. The fourth-order valence-electron chi connectivity index (χ4n) is 3.50. The molecule has 1 aliphatic rings. The zero-order chi connectivity index (χ0) is 21.9. The summed E-state index contributed by atoms with van der Waals surface area (Å²) in [6, 6.07) is 16.7. The van der Waals surface area contributed by atoms with Crippen molar-refractivity contribution in [3.8, 4) is 0 Å². The Labute approximate surface area is 180 Å². The molecule has 0 spiro atoms. The number of anilines is 1. The van der Waals surface area contributed by atoms with Crippen molar-refractivity contribution in [2.75, 3.05) is 44.7 Å². The molecule has 2 aromatic rings. The van der Waals surface area contributed by atoms with Gasteiger partial charge in [0.2, 0.25) is 15.9 Å². The van der Waals surface area contributed by atoms with Gasteiger partial charge in [0.05, 0.1) is 11.4 Å². The molecule has 0 unspecified atom stereocenters. The molecular formula is C23H31N3O3S. The van der Waals surface area contributed by atoms with Gasteiger partial charge in [0.15, 0.2) is 0 Å². The lowest BCUT2D eigenvalue weighted by molar-refractivity contribution is -0.119. The number of hydrogen-bond donors (Lipinski definition) is 0.